The molecule has 0 unspecified atom stereocenters. The van der Waals surface area contributed by atoms with Crippen LogP contribution in [-0.4, -0.2) is 33.1 Å². The summed E-state index contributed by atoms with van der Waals surface area (Å²) in [4.78, 5) is 22.2. The number of aromatic nitrogens is 3. The van der Waals surface area contributed by atoms with E-state index in [1.807, 2.05) is 0 Å². The van der Waals surface area contributed by atoms with Gasteiger partial charge < -0.3 is 9.84 Å². The maximum atomic E-state index is 10.7. The highest BCUT2D eigenvalue weighted by Gasteiger charge is 2.13. The Morgan fingerprint density at radius 2 is 2.27 bits per heavy atom. The highest BCUT2D eigenvalue weighted by Crippen LogP contribution is 2.19. The first-order valence-electron chi connectivity index (χ1n) is 4.12. The minimum Gasteiger partial charge on any atom is -0.480 e. The van der Waals surface area contributed by atoms with Gasteiger partial charge in [0.05, 0.1) is 12.5 Å². The van der Waals surface area contributed by atoms with E-state index < -0.39 is 5.97 Å². The zero-order chi connectivity index (χ0) is 10.8. The van der Waals surface area contributed by atoms with Gasteiger partial charge in [-0.25, -0.2) is 14.8 Å². The Morgan fingerprint density at radius 3 is 2.93 bits per heavy atom. The van der Waals surface area contributed by atoms with E-state index in [0.717, 1.165) is 0 Å². The third-order valence-electron chi connectivity index (χ3n) is 1.82. The molecule has 0 amide bonds. The van der Waals surface area contributed by atoms with Crippen molar-refractivity contribution in [1.82, 2.24) is 15.0 Å². The summed E-state index contributed by atoms with van der Waals surface area (Å²) in [5.74, 6) is -1.32. The van der Waals surface area contributed by atoms with Gasteiger partial charge in [0, 0.05) is 6.20 Å². The van der Waals surface area contributed by atoms with Crippen molar-refractivity contribution in [3.8, 4) is 5.88 Å². The number of fused-ring (bicyclic) bond motifs is 1. The van der Waals surface area contributed by atoms with Gasteiger partial charge in [-0.1, -0.05) is 0 Å². The first-order valence-corrected chi connectivity index (χ1v) is 4.12. The summed E-state index contributed by atoms with van der Waals surface area (Å²) in [6, 6.07) is 3.42. The first kappa shape index (κ1) is 9.32. The fraction of sp³-hybridized carbons (Fsp3) is 0.111. The van der Waals surface area contributed by atoms with E-state index in [2.05, 4.69) is 15.0 Å². The van der Waals surface area contributed by atoms with Gasteiger partial charge in [-0.3, -0.25) is 0 Å². The normalized spacial score (nSPS) is 10.2. The van der Waals surface area contributed by atoms with Crippen LogP contribution in [0.3, 0.4) is 0 Å². The average Bonchev–Trinajstić information content (AvgIpc) is 2.27. The summed E-state index contributed by atoms with van der Waals surface area (Å²) in [5.41, 5.74) is 0.307. The molecule has 2 rings (SSSR count). The Hall–Kier alpha value is -2.24. The van der Waals surface area contributed by atoms with Crippen molar-refractivity contribution < 1.29 is 14.6 Å². The van der Waals surface area contributed by atoms with E-state index in [1.165, 1.54) is 13.3 Å². The van der Waals surface area contributed by atoms with E-state index in [-0.39, 0.29) is 11.7 Å². The van der Waals surface area contributed by atoms with E-state index in [1.54, 1.807) is 12.1 Å². The van der Waals surface area contributed by atoms with Crippen LogP contribution in [0.2, 0.25) is 0 Å². The molecule has 2 aromatic heterocycles. The lowest BCUT2D eigenvalue weighted by Crippen LogP contribution is -2.06. The standard InChI is InChI=1S/C9H7N3O3/c1-15-8-5-3-2-4-10-6(5)11-7(12-8)9(13)14/h2-4H,1H3,(H,13,14). The summed E-state index contributed by atoms with van der Waals surface area (Å²) in [6.07, 6.45) is 1.53. The highest BCUT2D eigenvalue weighted by molar-refractivity contribution is 5.88. The maximum Gasteiger partial charge on any atom is 0.374 e. The predicted octanol–water partition coefficient (Wildman–Crippen LogP) is 0.732. The van der Waals surface area contributed by atoms with Crippen LogP contribution in [0.5, 0.6) is 5.88 Å². The zero-order valence-corrected chi connectivity index (χ0v) is 7.84. The Morgan fingerprint density at radius 1 is 1.47 bits per heavy atom. The summed E-state index contributed by atoms with van der Waals surface area (Å²) in [7, 11) is 1.42. The van der Waals surface area contributed by atoms with Crippen LogP contribution < -0.4 is 4.74 Å². The van der Waals surface area contributed by atoms with Crippen LogP contribution in [0.4, 0.5) is 0 Å². The van der Waals surface area contributed by atoms with Crippen LogP contribution in [0.25, 0.3) is 11.0 Å². The van der Waals surface area contributed by atoms with Gasteiger partial charge in [0.25, 0.3) is 0 Å². The SMILES string of the molecule is COc1nc(C(=O)O)nc2ncccc12. The van der Waals surface area contributed by atoms with Crippen molar-refractivity contribution in [3.63, 3.8) is 0 Å². The number of carbonyl (C=O) groups is 1. The highest BCUT2D eigenvalue weighted by atomic mass is 16.5. The lowest BCUT2D eigenvalue weighted by Gasteiger charge is -2.03. The van der Waals surface area contributed by atoms with Crippen LogP contribution in [-0.2, 0) is 0 Å². The third-order valence-corrected chi connectivity index (χ3v) is 1.82. The van der Waals surface area contributed by atoms with Crippen molar-refractivity contribution in [1.29, 1.82) is 0 Å². The number of aromatic carboxylic acids is 1. The molecule has 0 atom stereocenters. The van der Waals surface area contributed by atoms with Crippen molar-refractivity contribution in [2.45, 2.75) is 0 Å². The molecular weight excluding hydrogens is 198 g/mol. The predicted molar refractivity (Wildman–Crippen MR) is 50.8 cm³/mol. The van der Waals surface area contributed by atoms with Gasteiger partial charge >= 0.3 is 5.97 Å². The van der Waals surface area contributed by atoms with E-state index in [4.69, 9.17) is 9.84 Å². The lowest BCUT2D eigenvalue weighted by molar-refractivity contribution is 0.0683. The lowest BCUT2D eigenvalue weighted by atomic mass is 10.3. The number of nitrogens with zero attached hydrogens (tertiary/aromatic N) is 3. The summed E-state index contributed by atoms with van der Waals surface area (Å²) in [5, 5.41) is 9.34. The molecule has 0 saturated heterocycles. The smallest absolute Gasteiger partial charge is 0.374 e. The molecular formula is C9H7N3O3. The molecule has 0 fully saturated rings. The maximum absolute atomic E-state index is 10.7. The zero-order valence-electron chi connectivity index (χ0n) is 7.84. The second kappa shape index (κ2) is 3.49. The fourth-order valence-electron chi connectivity index (χ4n) is 1.19. The molecule has 15 heavy (non-hydrogen) atoms. The molecule has 1 N–H and O–H groups in total. The van der Waals surface area contributed by atoms with Gasteiger partial charge in [0.1, 0.15) is 0 Å². The third kappa shape index (κ3) is 1.56. The topological polar surface area (TPSA) is 85.2 Å². The molecule has 0 aromatic carbocycles. The van der Waals surface area contributed by atoms with Gasteiger partial charge in [-0.15, -0.1) is 0 Å². The number of ether oxygens (including phenoxy) is 1. The van der Waals surface area contributed by atoms with Gasteiger partial charge in [-0.2, -0.15) is 4.98 Å². The fourth-order valence-corrected chi connectivity index (χ4v) is 1.19. The Kier molecular flexibility index (Phi) is 2.17. The molecule has 6 heteroatoms. The van der Waals surface area contributed by atoms with Crippen LogP contribution in [0.15, 0.2) is 18.3 Å². The first-order chi connectivity index (χ1) is 7.22. The second-order valence-electron chi connectivity index (χ2n) is 2.74. The molecule has 0 aliphatic rings. The minimum atomic E-state index is -1.21. The average molecular weight is 205 g/mol. The number of pyridine rings is 1. The molecule has 2 heterocycles. The van der Waals surface area contributed by atoms with Crippen molar-refractivity contribution >= 4 is 17.0 Å². The molecule has 6 nitrogen and oxygen atoms in total. The van der Waals surface area contributed by atoms with Crippen molar-refractivity contribution in [2.75, 3.05) is 7.11 Å². The van der Waals surface area contributed by atoms with Gasteiger partial charge in [0.15, 0.2) is 5.65 Å². The summed E-state index contributed by atoms with van der Waals surface area (Å²) in [6.45, 7) is 0. The second-order valence-corrected chi connectivity index (χ2v) is 2.74. The number of rotatable bonds is 2. The summed E-state index contributed by atoms with van der Waals surface area (Å²) >= 11 is 0. The summed E-state index contributed by atoms with van der Waals surface area (Å²) < 4.78 is 4.96. The van der Waals surface area contributed by atoms with E-state index in [0.29, 0.717) is 11.0 Å². The monoisotopic (exact) mass is 205 g/mol. The van der Waals surface area contributed by atoms with Gasteiger partial charge in [0.2, 0.25) is 11.7 Å². The number of hydrogen-bond acceptors (Lipinski definition) is 5. The molecule has 0 aliphatic heterocycles. The molecule has 0 saturated carbocycles. The van der Waals surface area contributed by atoms with E-state index >= 15 is 0 Å². The van der Waals surface area contributed by atoms with Gasteiger partial charge in [-0.05, 0) is 12.1 Å². The van der Waals surface area contributed by atoms with E-state index in [9.17, 15) is 4.79 Å². The number of carboxylic acid groups (broad SMARTS) is 1. The minimum absolute atomic E-state index is 0.213. The number of methoxy groups -OCH3 is 1. The largest absolute Gasteiger partial charge is 0.480 e. The molecule has 0 bridgehead atoms. The molecule has 0 radical (unpaired) electrons. The Balaban J connectivity index is 2.77. The molecule has 2 aromatic rings. The van der Waals surface area contributed by atoms with Crippen molar-refractivity contribution in [2.24, 2.45) is 0 Å². The quantitative estimate of drug-likeness (QED) is 0.777. The Bertz CT molecular complexity index is 527. The number of hydrogen-bond donors (Lipinski definition) is 1. The van der Waals surface area contributed by atoms with Crippen LogP contribution >= 0.6 is 0 Å². The van der Waals surface area contributed by atoms with Crippen LogP contribution in [0.1, 0.15) is 10.6 Å². The number of carboxylic acids is 1. The molecule has 0 aliphatic carbocycles. The van der Waals surface area contributed by atoms with Crippen molar-refractivity contribution in [3.05, 3.63) is 24.2 Å². The van der Waals surface area contributed by atoms with Crippen LogP contribution in [0, 0.1) is 0 Å². The molecule has 76 valence electrons. The molecule has 0 spiro atoms. The Labute approximate surface area is 84.6 Å².